The molecule has 0 aliphatic carbocycles. The molecule has 8 heteroatoms. The van der Waals surface area contributed by atoms with Crippen LogP contribution < -0.4 is 10.2 Å². The van der Waals surface area contributed by atoms with Crippen molar-refractivity contribution >= 4 is 17.7 Å². The van der Waals surface area contributed by atoms with Gasteiger partial charge in [-0.3, -0.25) is 4.79 Å². The van der Waals surface area contributed by atoms with Crippen LogP contribution >= 0.6 is 0 Å². The maximum Gasteiger partial charge on any atom is 0.328 e. The molecule has 29 heavy (non-hydrogen) atoms. The molecule has 7 nitrogen and oxygen atoms in total. The first-order valence-electron chi connectivity index (χ1n) is 9.67. The summed E-state index contributed by atoms with van der Waals surface area (Å²) in [6, 6.07) is 5.15. The Morgan fingerprint density at radius 2 is 1.83 bits per heavy atom. The summed E-state index contributed by atoms with van der Waals surface area (Å²) in [5.41, 5.74) is 1.27. The lowest BCUT2D eigenvalue weighted by Crippen LogP contribution is -2.45. The predicted molar refractivity (Wildman–Crippen MR) is 107 cm³/mol. The first-order valence-corrected chi connectivity index (χ1v) is 9.67. The van der Waals surface area contributed by atoms with Crippen LogP contribution in [0.5, 0.6) is 0 Å². The summed E-state index contributed by atoms with van der Waals surface area (Å²) < 4.78 is 18.2. The number of hydrogen-bond acceptors (Lipinski definition) is 6. The molecule has 2 heterocycles. The molecule has 1 amide bonds. The molecule has 2 aromatic rings. The minimum atomic E-state index is -0.790. The van der Waals surface area contributed by atoms with Gasteiger partial charge in [-0.2, -0.15) is 0 Å². The molecule has 1 aliphatic rings. The summed E-state index contributed by atoms with van der Waals surface area (Å²) in [6.07, 6.45) is 3.52. The molecule has 0 bridgehead atoms. The number of nitrogens with one attached hydrogen (secondary N) is 1. The minimum Gasteiger partial charge on any atom is -0.467 e. The first-order chi connectivity index (χ1) is 13.9. The molecule has 1 fully saturated rings. The normalized spacial score (nSPS) is 14.7. The van der Waals surface area contributed by atoms with E-state index in [1.807, 2.05) is 13.8 Å². The monoisotopic (exact) mass is 400 g/mol. The minimum absolute atomic E-state index is 0.0850. The number of esters is 1. The number of nitrogens with zero attached hydrogens (tertiary/aromatic N) is 3. The number of aromatic nitrogens is 2. The Hall–Kier alpha value is -3.03. The Balaban J connectivity index is 1.95. The summed E-state index contributed by atoms with van der Waals surface area (Å²) in [7, 11) is 1.28. The van der Waals surface area contributed by atoms with Crippen molar-refractivity contribution in [1.29, 1.82) is 0 Å². The van der Waals surface area contributed by atoms with Gasteiger partial charge in [0.25, 0.3) is 5.91 Å². The van der Waals surface area contributed by atoms with E-state index in [1.165, 1.54) is 25.4 Å². The maximum atomic E-state index is 13.4. The lowest BCUT2D eigenvalue weighted by molar-refractivity contribution is -0.144. The van der Waals surface area contributed by atoms with Crippen molar-refractivity contribution in [3.63, 3.8) is 0 Å². The van der Waals surface area contributed by atoms with Crippen molar-refractivity contribution in [2.24, 2.45) is 5.92 Å². The molecule has 1 aromatic heterocycles. The number of hydrogen-bond donors (Lipinski definition) is 1. The molecule has 1 atom stereocenters. The number of halogens is 1. The Labute approximate surface area is 169 Å². The van der Waals surface area contributed by atoms with Gasteiger partial charge in [-0.05, 0) is 43.0 Å². The van der Waals surface area contributed by atoms with Gasteiger partial charge in [-0.1, -0.05) is 13.8 Å². The smallest absolute Gasteiger partial charge is 0.328 e. The summed E-state index contributed by atoms with van der Waals surface area (Å²) in [4.78, 5) is 35.8. The average molecular weight is 400 g/mol. The zero-order valence-corrected chi connectivity index (χ0v) is 16.8. The predicted octanol–water partition coefficient (Wildman–Crippen LogP) is 2.81. The number of methoxy groups -OCH3 is 1. The maximum absolute atomic E-state index is 13.4. The largest absolute Gasteiger partial charge is 0.467 e. The second kappa shape index (κ2) is 8.98. The summed E-state index contributed by atoms with van der Waals surface area (Å²) in [5.74, 6) is -0.873. The van der Waals surface area contributed by atoms with E-state index in [9.17, 15) is 14.0 Å². The summed E-state index contributed by atoms with van der Waals surface area (Å²) in [5, 5.41) is 2.67. The number of anilines is 1. The van der Waals surface area contributed by atoms with Gasteiger partial charge in [0.2, 0.25) is 0 Å². The van der Waals surface area contributed by atoms with Crippen LogP contribution in [0.2, 0.25) is 0 Å². The van der Waals surface area contributed by atoms with Gasteiger partial charge < -0.3 is 15.0 Å². The fourth-order valence-corrected chi connectivity index (χ4v) is 3.29. The summed E-state index contributed by atoms with van der Waals surface area (Å²) >= 11 is 0. The third kappa shape index (κ3) is 4.70. The van der Waals surface area contributed by atoms with Crippen LogP contribution in [0.4, 0.5) is 10.2 Å². The molecule has 3 rings (SSSR count). The van der Waals surface area contributed by atoms with Crippen LogP contribution in [0.15, 0.2) is 30.5 Å². The van der Waals surface area contributed by atoms with E-state index in [4.69, 9.17) is 4.74 Å². The second-order valence-corrected chi connectivity index (χ2v) is 7.35. The highest BCUT2D eigenvalue weighted by Gasteiger charge is 2.27. The highest BCUT2D eigenvalue weighted by atomic mass is 19.1. The Bertz CT molecular complexity index is 880. The molecule has 1 N–H and O–H groups in total. The van der Waals surface area contributed by atoms with Gasteiger partial charge in [-0.25, -0.2) is 19.2 Å². The van der Waals surface area contributed by atoms with Gasteiger partial charge in [0.05, 0.1) is 13.3 Å². The zero-order valence-electron chi connectivity index (χ0n) is 16.8. The number of ether oxygens (including phenoxy) is 1. The van der Waals surface area contributed by atoms with Gasteiger partial charge >= 0.3 is 5.97 Å². The van der Waals surface area contributed by atoms with Gasteiger partial charge in [0, 0.05) is 18.7 Å². The standard InChI is InChI=1S/C21H25FN4O3/c1-13(2)17(21(28)29-3)25-20(27)16-12-23-19(26-10-4-5-11-26)18(24-16)14-6-8-15(22)9-7-14/h6-9,12-13,17H,4-5,10-11H2,1-3H3,(H,25,27)/t17-/m1/s1. The van der Waals surface area contributed by atoms with Crippen molar-refractivity contribution in [3.05, 3.63) is 42.0 Å². The molecule has 1 saturated heterocycles. The Morgan fingerprint density at radius 1 is 1.17 bits per heavy atom. The van der Waals surface area contributed by atoms with Gasteiger partial charge in [-0.15, -0.1) is 0 Å². The number of benzene rings is 1. The number of carbonyl (C=O) groups is 2. The number of amides is 1. The van der Waals surface area contributed by atoms with Crippen LogP contribution in [0.25, 0.3) is 11.3 Å². The molecule has 0 spiro atoms. The number of rotatable bonds is 6. The SMILES string of the molecule is COC(=O)[C@H](NC(=O)c1cnc(N2CCCC2)c(-c2ccc(F)cc2)n1)C(C)C. The fraction of sp³-hybridized carbons (Fsp3) is 0.429. The van der Waals surface area contributed by atoms with Crippen molar-refractivity contribution in [2.45, 2.75) is 32.7 Å². The molecule has 0 saturated carbocycles. The van der Waals surface area contributed by atoms with Gasteiger partial charge in [0.15, 0.2) is 5.82 Å². The van der Waals surface area contributed by atoms with Crippen LogP contribution in [0, 0.1) is 11.7 Å². The molecule has 0 unspecified atom stereocenters. The zero-order chi connectivity index (χ0) is 21.0. The van der Waals surface area contributed by atoms with E-state index in [-0.39, 0.29) is 17.4 Å². The highest BCUT2D eigenvalue weighted by molar-refractivity contribution is 5.96. The van der Waals surface area contributed by atoms with E-state index in [1.54, 1.807) is 12.1 Å². The molecular formula is C21H25FN4O3. The van der Waals surface area contributed by atoms with Crippen molar-refractivity contribution in [1.82, 2.24) is 15.3 Å². The van der Waals surface area contributed by atoms with Crippen LogP contribution in [-0.2, 0) is 9.53 Å². The van der Waals surface area contributed by atoms with E-state index in [0.717, 1.165) is 25.9 Å². The summed E-state index contributed by atoms with van der Waals surface area (Å²) in [6.45, 7) is 5.33. The Kier molecular flexibility index (Phi) is 6.41. The van der Waals surface area contributed by atoms with E-state index in [2.05, 4.69) is 20.2 Å². The lowest BCUT2D eigenvalue weighted by Gasteiger charge is -2.21. The van der Waals surface area contributed by atoms with Crippen molar-refractivity contribution in [2.75, 3.05) is 25.1 Å². The third-order valence-corrected chi connectivity index (χ3v) is 4.92. The third-order valence-electron chi connectivity index (χ3n) is 4.92. The highest BCUT2D eigenvalue weighted by Crippen LogP contribution is 2.29. The van der Waals surface area contributed by atoms with Gasteiger partial charge in [0.1, 0.15) is 23.2 Å². The Morgan fingerprint density at radius 3 is 2.41 bits per heavy atom. The molecule has 0 radical (unpaired) electrons. The van der Waals surface area contributed by atoms with E-state index >= 15 is 0 Å². The fourth-order valence-electron chi connectivity index (χ4n) is 3.29. The molecule has 154 valence electrons. The van der Waals surface area contributed by atoms with Crippen LogP contribution in [0.3, 0.4) is 0 Å². The van der Waals surface area contributed by atoms with E-state index in [0.29, 0.717) is 17.1 Å². The van der Waals surface area contributed by atoms with E-state index < -0.39 is 17.9 Å². The topological polar surface area (TPSA) is 84.4 Å². The van der Waals surface area contributed by atoms with Crippen LogP contribution in [0.1, 0.15) is 37.2 Å². The molecule has 1 aromatic carbocycles. The van der Waals surface area contributed by atoms with Crippen LogP contribution in [-0.4, -0.2) is 48.1 Å². The number of carbonyl (C=O) groups excluding carboxylic acids is 2. The lowest BCUT2D eigenvalue weighted by atomic mass is 10.0. The average Bonchev–Trinajstić information content (AvgIpc) is 3.26. The first kappa shape index (κ1) is 20.7. The molecule has 1 aliphatic heterocycles. The molecular weight excluding hydrogens is 375 g/mol. The van der Waals surface area contributed by atoms with Crippen molar-refractivity contribution < 1.29 is 18.7 Å². The second-order valence-electron chi connectivity index (χ2n) is 7.35. The quantitative estimate of drug-likeness (QED) is 0.751. The van der Waals surface area contributed by atoms with Crippen molar-refractivity contribution in [3.8, 4) is 11.3 Å².